The Kier molecular flexibility index (Phi) is 3.03. The summed E-state index contributed by atoms with van der Waals surface area (Å²) in [7, 11) is 0. The first-order valence-corrected chi connectivity index (χ1v) is 4.32. The Bertz CT molecular complexity index is 284. The summed E-state index contributed by atoms with van der Waals surface area (Å²) in [5, 5.41) is 0. The van der Waals surface area contributed by atoms with Gasteiger partial charge < -0.3 is 4.74 Å². The molecule has 1 fully saturated rings. The maximum atomic E-state index is 12.5. The molecule has 0 aliphatic heterocycles. The number of allylic oxidation sites excluding steroid dienone is 2. The molecule has 78 valence electrons. The van der Waals surface area contributed by atoms with Gasteiger partial charge in [0.15, 0.2) is 0 Å². The van der Waals surface area contributed by atoms with Gasteiger partial charge in [-0.15, -0.1) is 0 Å². The molecule has 1 atom stereocenters. The van der Waals surface area contributed by atoms with E-state index in [0.717, 1.165) is 0 Å². The monoisotopic (exact) mass is 201 g/mol. The first-order chi connectivity index (χ1) is 6.51. The van der Waals surface area contributed by atoms with Gasteiger partial charge in [-0.2, -0.15) is 0 Å². The maximum Gasteiger partial charge on any atom is 0.255 e. The molecule has 0 radical (unpaired) electrons. The summed E-state index contributed by atoms with van der Waals surface area (Å²) in [6.45, 7) is 8.55. The highest BCUT2D eigenvalue weighted by Crippen LogP contribution is 2.48. The van der Waals surface area contributed by atoms with Crippen LogP contribution in [0.4, 0.5) is 8.78 Å². The minimum atomic E-state index is -2.55. The molecule has 0 aromatic rings. The fourth-order valence-electron chi connectivity index (χ4n) is 1.00. The van der Waals surface area contributed by atoms with Crippen molar-refractivity contribution in [3.05, 3.63) is 24.1 Å². The van der Waals surface area contributed by atoms with Crippen molar-refractivity contribution in [3.63, 3.8) is 0 Å². The number of ether oxygens (including phenoxy) is 1. The van der Waals surface area contributed by atoms with Gasteiger partial charge in [-0.3, -0.25) is 0 Å². The normalized spacial score (nSPS) is 24.9. The summed E-state index contributed by atoms with van der Waals surface area (Å²) in [6.07, 6.45) is 1.46. The fourth-order valence-corrected chi connectivity index (χ4v) is 1.00. The second kappa shape index (κ2) is 3.90. The molecular formula is C10H13F2NO. The predicted molar refractivity (Wildman–Crippen MR) is 51.5 cm³/mol. The van der Waals surface area contributed by atoms with Crippen LogP contribution < -0.4 is 0 Å². The average molecular weight is 201 g/mol. The number of halogens is 2. The van der Waals surface area contributed by atoms with Crippen LogP contribution in [0.25, 0.3) is 0 Å². The molecule has 0 saturated heterocycles. The highest BCUT2D eigenvalue weighted by atomic mass is 19.3. The van der Waals surface area contributed by atoms with Crippen LogP contribution in [0.3, 0.4) is 0 Å². The number of hydrogen-bond acceptors (Lipinski definition) is 2. The van der Waals surface area contributed by atoms with Crippen LogP contribution in [0.5, 0.6) is 0 Å². The lowest BCUT2D eigenvalue weighted by Crippen LogP contribution is -2.03. The molecule has 1 unspecified atom stereocenters. The van der Waals surface area contributed by atoms with E-state index in [2.05, 4.69) is 18.3 Å². The predicted octanol–water partition coefficient (Wildman–Crippen LogP) is 2.78. The molecule has 0 bridgehead atoms. The van der Waals surface area contributed by atoms with E-state index < -0.39 is 11.8 Å². The number of aliphatic imine (C=N–C) groups is 1. The second-order valence-corrected chi connectivity index (χ2v) is 3.32. The number of nitrogens with zero attached hydrogens (tertiary/aromatic N) is 1. The molecule has 0 spiro atoms. The third kappa shape index (κ3) is 2.40. The SMILES string of the molecule is C=C/C(C)=C(\N=C)OCC1CC1(F)F. The Balaban J connectivity index is 2.44. The van der Waals surface area contributed by atoms with Crippen LogP contribution in [0.15, 0.2) is 29.1 Å². The Morgan fingerprint density at radius 3 is 2.64 bits per heavy atom. The lowest BCUT2D eigenvalue weighted by molar-refractivity contribution is 0.0731. The van der Waals surface area contributed by atoms with Crippen molar-refractivity contribution in [2.45, 2.75) is 19.3 Å². The molecule has 1 aliphatic carbocycles. The van der Waals surface area contributed by atoms with Crippen molar-refractivity contribution in [2.75, 3.05) is 6.61 Å². The van der Waals surface area contributed by atoms with Gasteiger partial charge in [0.2, 0.25) is 5.88 Å². The summed E-state index contributed by atoms with van der Waals surface area (Å²) < 4.78 is 30.0. The second-order valence-electron chi connectivity index (χ2n) is 3.32. The molecule has 1 saturated carbocycles. The molecule has 0 aromatic heterocycles. The Labute approximate surface area is 82.0 Å². The first kappa shape index (κ1) is 10.9. The van der Waals surface area contributed by atoms with Gasteiger partial charge in [-0.25, -0.2) is 13.8 Å². The molecule has 0 heterocycles. The zero-order valence-electron chi connectivity index (χ0n) is 8.09. The van der Waals surface area contributed by atoms with Gasteiger partial charge in [0.25, 0.3) is 5.92 Å². The maximum absolute atomic E-state index is 12.5. The average Bonchev–Trinajstić information content (AvgIpc) is 2.74. The highest BCUT2D eigenvalue weighted by molar-refractivity contribution is 5.30. The van der Waals surface area contributed by atoms with Gasteiger partial charge in [0.1, 0.15) is 0 Å². The van der Waals surface area contributed by atoms with E-state index in [1.54, 1.807) is 13.0 Å². The Hall–Kier alpha value is -1.19. The van der Waals surface area contributed by atoms with Gasteiger partial charge in [0.05, 0.1) is 12.5 Å². The molecule has 0 N–H and O–H groups in total. The van der Waals surface area contributed by atoms with E-state index in [4.69, 9.17) is 4.74 Å². The van der Waals surface area contributed by atoms with E-state index in [9.17, 15) is 8.78 Å². The van der Waals surface area contributed by atoms with E-state index >= 15 is 0 Å². The zero-order valence-corrected chi connectivity index (χ0v) is 8.09. The zero-order chi connectivity index (χ0) is 10.8. The number of alkyl halides is 2. The van der Waals surface area contributed by atoms with Crippen LogP contribution in [0.1, 0.15) is 13.3 Å². The van der Waals surface area contributed by atoms with Crippen LogP contribution in [-0.2, 0) is 4.74 Å². The Morgan fingerprint density at radius 1 is 1.71 bits per heavy atom. The van der Waals surface area contributed by atoms with Crippen LogP contribution >= 0.6 is 0 Å². The lowest BCUT2D eigenvalue weighted by Gasteiger charge is -2.06. The number of hydrogen-bond donors (Lipinski definition) is 0. The van der Waals surface area contributed by atoms with Crippen molar-refractivity contribution in [2.24, 2.45) is 10.9 Å². The summed E-state index contributed by atoms with van der Waals surface area (Å²) in [4.78, 5) is 3.60. The third-order valence-corrected chi connectivity index (χ3v) is 2.16. The molecule has 0 amide bonds. The molecule has 1 rings (SSSR count). The summed E-state index contributed by atoms with van der Waals surface area (Å²) in [6, 6.07) is 0. The minimum Gasteiger partial charge on any atom is -0.477 e. The van der Waals surface area contributed by atoms with Crippen molar-refractivity contribution in [3.8, 4) is 0 Å². The molecule has 4 heteroatoms. The van der Waals surface area contributed by atoms with E-state index in [1.807, 2.05) is 0 Å². The quantitative estimate of drug-likeness (QED) is 0.381. The molecule has 14 heavy (non-hydrogen) atoms. The van der Waals surface area contributed by atoms with E-state index in [0.29, 0.717) is 5.57 Å². The smallest absolute Gasteiger partial charge is 0.255 e. The van der Waals surface area contributed by atoms with Crippen LogP contribution in [0.2, 0.25) is 0 Å². The summed E-state index contributed by atoms with van der Waals surface area (Å²) in [5.41, 5.74) is 0.698. The molecule has 1 aliphatic rings. The highest BCUT2D eigenvalue weighted by Gasteiger charge is 2.57. The van der Waals surface area contributed by atoms with Gasteiger partial charge in [-0.05, 0) is 13.6 Å². The van der Waals surface area contributed by atoms with Gasteiger partial charge in [-0.1, -0.05) is 12.7 Å². The Morgan fingerprint density at radius 2 is 2.29 bits per heavy atom. The standard InChI is InChI=1S/C10H13F2NO/c1-4-7(2)9(13-3)14-6-8-5-10(8,11)12/h4,8H,1,3,5-6H2,2H3/b9-7+. The van der Waals surface area contributed by atoms with E-state index in [1.165, 1.54) is 0 Å². The summed E-state index contributed by atoms with van der Waals surface area (Å²) >= 11 is 0. The van der Waals surface area contributed by atoms with Crippen molar-refractivity contribution in [1.29, 1.82) is 0 Å². The first-order valence-electron chi connectivity index (χ1n) is 4.32. The third-order valence-electron chi connectivity index (χ3n) is 2.16. The van der Waals surface area contributed by atoms with E-state index in [-0.39, 0.29) is 18.9 Å². The molecular weight excluding hydrogens is 188 g/mol. The van der Waals surface area contributed by atoms with Crippen LogP contribution in [0, 0.1) is 5.92 Å². The molecule has 2 nitrogen and oxygen atoms in total. The number of rotatable bonds is 5. The molecule has 0 aromatic carbocycles. The van der Waals surface area contributed by atoms with Crippen molar-refractivity contribution < 1.29 is 13.5 Å². The topological polar surface area (TPSA) is 21.6 Å². The minimum absolute atomic E-state index is 0.00741. The van der Waals surface area contributed by atoms with Gasteiger partial charge in [0, 0.05) is 12.0 Å². The lowest BCUT2D eigenvalue weighted by atomic mass is 10.3. The van der Waals surface area contributed by atoms with Crippen molar-refractivity contribution in [1.82, 2.24) is 0 Å². The van der Waals surface area contributed by atoms with Crippen molar-refractivity contribution >= 4 is 6.72 Å². The fraction of sp³-hybridized carbons (Fsp3) is 0.500. The summed E-state index contributed by atoms with van der Waals surface area (Å²) in [5.74, 6) is -2.94. The van der Waals surface area contributed by atoms with Gasteiger partial charge >= 0.3 is 0 Å². The largest absolute Gasteiger partial charge is 0.477 e. The van der Waals surface area contributed by atoms with Crippen LogP contribution in [-0.4, -0.2) is 19.2 Å².